The fourth-order valence-corrected chi connectivity index (χ4v) is 2.91. The number of tetrazole rings is 1. The highest BCUT2D eigenvalue weighted by Crippen LogP contribution is 2.27. The molecule has 0 radical (unpaired) electrons. The van der Waals surface area contributed by atoms with E-state index in [1.165, 1.54) is 4.80 Å². The van der Waals surface area contributed by atoms with E-state index in [1.807, 2.05) is 37.3 Å². The molecule has 0 unspecified atom stereocenters. The number of nitrogens with one attached hydrogen (secondary N) is 1. The summed E-state index contributed by atoms with van der Waals surface area (Å²) < 4.78 is 0. The Morgan fingerprint density at radius 3 is 2.56 bits per heavy atom. The Kier molecular flexibility index (Phi) is 5.68. The SMILES string of the molecule is C[C@@H](c1cc(N)ccc1N)[C@H](O)CNCc1ccc(-c2nnn(C)n2)cc1. The zero-order valence-corrected chi connectivity index (χ0v) is 15.5. The van der Waals surface area contributed by atoms with Gasteiger partial charge >= 0.3 is 0 Å². The van der Waals surface area contributed by atoms with Gasteiger partial charge in [-0.25, -0.2) is 0 Å². The maximum Gasteiger partial charge on any atom is 0.204 e. The van der Waals surface area contributed by atoms with Crippen molar-refractivity contribution in [1.29, 1.82) is 0 Å². The lowest BCUT2D eigenvalue weighted by molar-refractivity contribution is 0.147. The second-order valence-electron chi connectivity index (χ2n) is 6.67. The molecule has 2 aromatic carbocycles. The fraction of sp³-hybridized carbons (Fsp3) is 0.316. The van der Waals surface area contributed by atoms with E-state index in [2.05, 4.69) is 20.7 Å². The summed E-state index contributed by atoms with van der Waals surface area (Å²) >= 11 is 0. The number of nitrogen functional groups attached to an aromatic ring is 2. The van der Waals surface area contributed by atoms with Gasteiger partial charge in [-0.3, -0.25) is 0 Å². The second-order valence-corrected chi connectivity index (χ2v) is 6.67. The first kappa shape index (κ1) is 18.8. The molecule has 0 spiro atoms. The van der Waals surface area contributed by atoms with Crippen LogP contribution < -0.4 is 16.8 Å². The highest BCUT2D eigenvalue weighted by Gasteiger charge is 2.18. The Balaban J connectivity index is 1.53. The van der Waals surface area contributed by atoms with Gasteiger partial charge in [-0.1, -0.05) is 31.2 Å². The van der Waals surface area contributed by atoms with E-state index < -0.39 is 6.10 Å². The van der Waals surface area contributed by atoms with Crippen molar-refractivity contribution in [2.45, 2.75) is 25.5 Å². The molecule has 3 aromatic rings. The monoisotopic (exact) mass is 367 g/mol. The number of aliphatic hydroxyl groups is 1. The molecule has 0 saturated carbocycles. The largest absolute Gasteiger partial charge is 0.399 e. The van der Waals surface area contributed by atoms with Crippen LogP contribution in [0.1, 0.15) is 24.0 Å². The van der Waals surface area contributed by atoms with Gasteiger partial charge in [-0.05, 0) is 34.5 Å². The highest BCUT2D eigenvalue weighted by molar-refractivity contribution is 5.57. The van der Waals surface area contributed by atoms with Crippen LogP contribution in [-0.4, -0.2) is 38.0 Å². The summed E-state index contributed by atoms with van der Waals surface area (Å²) in [6.07, 6.45) is -0.572. The van der Waals surface area contributed by atoms with Crippen molar-refractivity contribution in [3.8, 4) is 11.4 Å². The summed E-state index contributed by atoms with van der Waals surface area (Å²) in [5.41, 5.74) is 16.0. The Bertz CT molecular complexity index is 891. The average molecular weight is 367 g/mol. The molecule has 0 aliphatic rings. The lowest BCUT2D eigenvalue weighted by Gasteiger charge is -2.21. The molecule has 2 atom stereocenters. The van der Waals surface area contributed by atoms with Gasteiger partial charge < -0.3 is 21.9 Å². The Morgan fingerprint density at radius 2 is 1.89 bits per heavy atom. The smallest absolute Gasteiger partial charge is 0.204 e. The van der Waals surface area contributed by atoms with E-state index in [-0.39, 0.29) is 5.92 Å². The number of anilines is 2. The van der Waals surface area contributed by atoms with E-state index in [0.29, 0.717) is 30.3 Å². The number of aliphatic hydroxyl groups excluding tert-OH is 1. The summed E-state index contributed by atoms with van der Waals surface area (Å²) in [6, 6.07) is 13.3. The first-order valence-electron chi connectivity index (χ1n) is 8.81. The van der Waals surface area contributed by atoms with Crippen molar-refractivity contribution in [1.82, 2.24) is 25.5 Å². The zero-order valence-electron chi connectivity index (χ0n) is 15.5. The maximum absolute atomic E-state index is 10.5. The van der Waals surface area contributed by atoms with E-state index in [0.717, 1.165) is 16.7 Å². The third-order valence-corrected chi connectivity index (χ3v) is 4.58. The number of hydrogen-bond donors (Lipinski definition) is 4. The molecule has 142 valence electrons. The maximum atomic E-state index is 10.5. The molecule has 0 saturated heterocycles. The van der Waals surface area contributed by atoms with Crippen LogP contribution in [-0.2, 0) is 13.6 Å². The van der Waals surface area contributed by atoms with Crippen molar-refractivity contribution in [2.75, 3.05) is 18.0 Å². The van der Waals surface area contributed by atoms with Crippen LogP contribution >= 0.6 is 0 Å². The number of nitrogens with two attached hydrogens (primary N) is 2. The Hall–Kier alpha value is -2.97. The van der Waals surface area contributed by atoms with Gasteiger partial charge in [0, 0.05) is 35.9 Å². The summed E-state index contributed by atoms with van der Waals surface area (Å²) in [7, 11) is 1.73. The molecule has 1 heterocycles. The fourth-order valence-electron chi connectivity index (χ4n) is 2.91. The van der Waals surface area contributed by atoms with Crippen LogP contribution in [0.5, 0.6) is 0 Å². The highest BCUT2D eigenvalue weighted by atomic mass is 16.3. The van der Waals surface area contributed by atoms with Gasteiger partial charge in [-0.2, -0.15) is 4.80 Å². The van der Waals surface area contributed by atoms with Crippen molar-refractivity contribution in [2.24, 2.45) is 7.05 Å². The molecule has 3 rings (SSSR count). The minimum Gasteiger partial charge on any atom is -0.399 e. The Labute approximate surface area is 158 Å². The van der Waals surface area contributed by atoms with E-state index in [9.17, 15) is 5.11 Å². The third-order valence-electron chi connectivity index (χ3n) is 4.58. The minimum atomic E-state index is -0.572. The van der Waals surface area contributed by atoms with Gasteiger partial charge in [0.2, 0.25) is 5.82 Å². The molecule has 0 aliphatic heterocycles. The van der Waals surface area contributed by atoms with Gasteiger partial charge in [0.15, 0.2) is 0 Å². The predicted octanol–water partition coefficient (Wildman–Crippen LogP) is 1.30. The number of rotatable bonds is 7. The molecule has 8 nitrogen and oxygen atoms in total. The topological polar surface area (TPSA) is 128 Å². The van der Waals surface area contributed by atoms with Crippen LogP contribution in [0.2, 0.25) is 0 Å². The summed E-state index contributed by atoms with van der Waals surface area (Å²) in [5.74, 6) is 0.479. The summed E-state index contributed by atoms with van der Waals surface area (Å²) in [4.78, 5) is 1.43. The molecule has 0 fully saturated rings. The lowest BCUT2D eigenvalue weighted by atomic mass is 9.93. The average Bonchev–Trinajstić information content (AvgIpc) is 3.10. The first-order valence-corrected chi connectivity index (χ1v) is 8.81. The van der Waals surface area contributed by atoms with Gasteiger partial charge in [-0.15, -0.1) is 10.2 Å². The van der Waals surface area contributed by atoms with Crippen LogP contribution in [0.15, 0.2) is 42.5 Å². The van der Waals surface area contributed by atoms with Crippen LogP contribution in [0.3, 0.4) is 0 Å². The number of aromatic nitrogens is 4. The number of aryl methyl sites for hydroxylation is 1. The third kappa shape index (κ3) is 4.60. The van der Waals surface area contributed by atoms with E-state index in [1.54, 1.807) is 19.2 Å². The number of nitrogens with zero attached hydrogens (tertiary/aromatic N) is 4. The van der Waals surface area contributed by atoms with Crippen molar-refractivity contribution in [3.05, 3.63) is 53.6 Å². The first-order chi connectivity index (χ1) is 12.9. The normalized spacial score (nSPS) is 13.4. The molecule has 8 heteroatoms. The zero-order chi connectivity index (χ0) is 19.4. The molecular weight excluding hydrogens is 342 g/mol. The quantitative estimate of drug-likeness (QED) is 0.463. The van der Waals surface area contributed by atoms with E-state index >= 15 is 0 Å². The van der Waals surface area contributed by atoms with E-state index in [4.69, 9.17) is 11.5 Å². The minimum absolute atomic E-state index is 0.119. The van der Waals surface area contributed by atoms with Crippen molar-refractivity contribution >= 4 is 11.4 Å². The number of benzene rings is 2. The summed E-state index contributed by atoms with van der Waals surface area (Å²) in [5, 5.41) is 25.8. The Morgan fingerprint density at radius 1 is 1.15 bits per heavy atom. The van der Waals surface area contributed by atoms with Crippen molar-refractivity contribution in [3.63, 3.8) is 0 Å². The second kappa shape index (κ2) is 8.15. The molecule has 1 aromatic heterocycles. The van der Waals surface area contributed by atoms with Crippen LogP contribution in [0.4, 0.5) is 11.4 Å². The molecule has 0 aliphatic carbocycles. The van der Waals surface area contributed by atoms with Crippen molar-refractivity contribution < 1.29 is 5.11 Å². The van der Waals surface area contributed by atoms with Crippen LogP contribution in [0, 0.1) is 0 Å². The van der Waals surface area contributed by atoms with Crippen LogP contribution in [0.25, 0.3) is 11.4 Å². The molecule has 0 bridgehead atoms. The lowest BCUT2D eigenvalue weighted by Crippen LogP contribution is -2.30. The molecule has 6 N–H and O–H groups in total. The standard InChI is InChI=1S/C19H25N7O/c1-12(16-9-15(20)7-8-17(16)21)18(27)11-22-10-13-3-5-14(6-4-13)19-23-25-26(2)24-19/h3-9,12,18,22,27H,10-11,20-21H2,1-2H3/t12-,18+/m0/s1. The summed E-state index contributed by atoms with van der Waals surface area (Å²) in [6.45, 7) is 3.04. The van der Waals surface area contributed by atoms with Gasteiger partial charge in [0.05, 0.1) is 13.2 Å². The van der Waals surface area contributed by atoms with Gasteiger partial charge in [0.1, 0.15) is 0 Å². The van der Waals surface area contributed by atoms with Gasteiger partial charge in [0.25, 0.3) is 0 Å². The number of hydrogen-bond acceptors (Lipinski definition) is 7. The molecule has 27 heavy (non-hydrogen) atoms. The molecule has 0 amide bonds. The molecular formula is C19H25N7O. The predicted molar refractivity (Wildman–Crippen MR) is 106 cm³/mol.